The molecular formula is C16H21F3N2O2. The number of nitrogens with zero attached hydrogens (tertiary/aromatic N) is 1. The standard InChI is InChI=1S/C16H21F3N2O2/c17-16(18,19)14-7-2-1-6-13(14)15(23)20-8-10-21-9-4-3-5-12(21)11-22/h1-2,6-7,12,22H,3-5,8-11H2,(H,20,23)/t12-/m0/s1. The third-order valence-electron chi connectivity index (χ3n) is 4.12. The first kappa shape index (κ1) is 17.7. The van der Waals surface area contributed by atoms with Crippen molar-refractivity contribution in [3.63, 3.8) is 0 Å². The number of aliphatic hydroxyl groups excluding tert-OH is 1. The number of hydrogen-bond donors (Lipinski definition) is 2. The molecule has 2 N–H and O–H groups in total. The van der Waals surface area contributed by atoms with Crippen molar-refractivity contribution in [2.45, 2.75) is 31.5 Å². The molecule has 0 unspecified atom stereocenters. The van der Waals surface area contributed by atoms with E-state index in [1.54, 1.807) is 0 Å². The Morgan fingerprint density at radius 3 is 2.74 bits per heavy atom. The van der Waals surface area contributed by atoms with Crippen molar-refractivity contribution in [2.75, 3.05) is 26.2 Å². The molecule has 1 aliphatic rings. The number of halogens is 3. The molecule has 0 radical (unpaired) electrons. The van der Waals surface area contributed by atoms with Crippen LogP contribution in [0, 0.1) is 0 Å². The monoisotopic (exact) mass is 330 g/mol. The average molecular weight is 330 g/mol. The third kappa shape index (κ3) is 4.68. The molecule has 0 aliphatic carbocycles. The lowest BCUT2D eigenvalue weighted by molar-refractivity contribution is -0.137. The van der Waals surface area contributed by atoms with Gasteiger partial charge in [-0.25, -0.2) is 0 Å². The van der Waals surface area contributed by atoms with Crippen molar-refractivity contribution in [2.24, 2.45) is 0 Å². The Labute approximate surface area is 133 Å². The number of alkyl halides is 3. The molecule has 128 valence electrons. The van der Waals surface area contributed by atoms with Crippen LogP contribution in [0.4, 0.5) is 13.2 Å². The van der Waals surface area contributed by atoms with Gasteiger partial charge < -0.3 is 10.4 Å². The molecule has 1 aromatic rings. The number of carbonyl (C=O) groups is 1. The molecule has 2 rings (SSSR count). The van der Waals surface area contributed by atoms with E-state index < -0.39 is 17.6 Å². The summed E-state index contributed by atoms with van der Waals surface area (Å²) in [5.41, 5.74) is -1.29. The average Bonchev–Trinajstić information content (AvgIpc) is 2.54. The van der Waals surface area contributed by atoms with E-state index in [1.165, 1.54) is 18.2 Å². The molecule has 23 heavy (non-hydrogen) atoms. The summed E-state index contributed by atoms with van der Waals surface area (Å²) < 4.78 is 38.7. The predicted octanol–water partition coefficient (Wildman–Crippen LogP) is 2.28. The Balaban J connectivity index is 1.93. The minimum atomic E-state index is -4.55. The largest absolute Gasteiger partial charge is 0.417 e. The van der Waals surface area contributed by atoms with Crippen LogP contribution in [0.25, 0.3) is 0 Å². The van der Waals surface area contributed by atoms with Gasteiger partial charge >= 0.3 is 6.18 Å². The summed E-state index contributed by atoms with van der Waals surface area (Å²) in [7, 11) is 0. The zero-order valence-electron chi connectivity index (χ0n) is 12.8. The first-order chi connectivity index (χ1) is 10.9. The zero-order chi connectivity index (χ0) is 16.9. The van der Waals surface area contributed by atoms with Crippen LogP contribution in [0.5, 0.6) is 0 Å². The number of benzene rings is 1. The lowest BCUT2D eigenvalue weighted by Gasteiger charge is -2.34. The maximum atomic E-state index is 12.9. The fraction of sp³-hybridized carbons (Fsp3) is 0.562. The Morgan fingerprint density at radius 2 is 2.04 bits per heavy atom. The number of likely N-dealkylation sites (tertiary alicyclic amines) is 1. The number of amides is 1. The summed E-state index contributed by atoms with van der Waals surface area (Å²) in [5, 5.41) is 11.9. The van der Waals surface area contributed by atoms with Gasteiger partial charge in [0, 0.05) is 19.1 Å². The molecule has 1 amide bonds. The maximum absolute atomic E-state index is 12.9. The van der Waals surface area contributed by atoms with Gasteiger partial charge in [0.05, 0.1) is 17.7 Å². The van der Waals surface area contributed by atoms with Crippen molar-refractivity contribution < 1.29 is 23.1 Å². The summed E-state index contributed by atoms with van der Waals surface area (Å²) in [4.78, 5) is 14.1. The van der Waals surface area contributed by atoms with Gasteiger partial charge in [-0.2, -0.15) is 13.2 Å². The second-order valence-electron chi connectivity index (χ2n) is 5.67. The highest BCUT2D eigenvalue weighted by atomic mass is 19.4. The van der Waals surface area contributed by atoms with Gasteiger partial charge in [0.25, 0.3) is 5.91 Å². The van der Waals surface area contributed by atoms with Crippen molar-refractivity contribution in [1.29, 1.82) is 0 Å². The van der Waals surface area contributed by atoms with Crippen LogP contribution in [-0.2, 0) is 6.18 Å². The van der Waals surface area contributed by atoms with Crippen LogP contribution in [0.1, 0.15) is 35.2 Å². The first-order valence-electron chi connectivity index (χ1n) is 7.73. The molecule has 0 saturated carbocycles. The highest BCUT2D eigenvalue weighted by molar-refractivity contribution is 5.95. The van der Waals surface area contributed by atoms with Gasteiger partial charge in [-0.15, -0.1) is 0 Å². The Morgan fingerprint density at radius 1 is 1.30 bits per heavy atom. The summed E-state index contributed by atoms with van der Waals surface area (Å²) in [6, 6.07) is 4.83. The van der Waals surface area contributed by atoms with Crippen molar-refractivity contribution in [3.05, 3.63) is 35.4 Å². The minimum Gasteiger partial charge on any atom is -0.395 e. The van der Waals surface area contributed by atoms with E-state index in [1.807, 2.05) is 0 Å². The van der Waals surface area contributed by atoms with Crippen LogP contribution < -0.4 is 5.32 Å². The summed E-state index contributed by atoms with van der Waals surface area (Å²) in [6.45, 7) is 1.66. The number of carbonyl (C=O) groups excluding carboxylic acids is 1. The highest BCUT2D eigenvalue weighted by Gasteiger charge is 2.34. The number of piperidine rings is 1. The van der Waals surface area contributed by atoms with Crippen LogP contribution in [0.15, 0.2) is 24.3 Å². The summed E-state index contributed by atoms with van der Waals surface area (Å²) >= 11 is 0. The van der Waals surface area contributed by atoms with Gasteiger partial charge in [-0.3, -0.25) is 9.69 Å². The quantitative estimate of drug-likeness (QED) is 0.871. The topological polar surface area (TPSA) is 52.6 Å². The van der Waals surface area contributed by atoms with E-state index in [-0.39, 0.29) is 24.8 Å². The molecule has 1 saturated heterocycles. The van der Waals surface area contributed by atoms with Crippen molar-refractivity contribution in [1.82, 2.24) is 10.2 Å². The van der Waals surface area contributed by atoms with E-state index in [0.29, 0.717) is 6.54 Å². The number of nitrogens with one attached hydrogen (secondary N) is 1. The molecule has 0 bridgehead atoms. The van der Waals surface area contributed by atoms with Gasteiger partial charge in [-0.1, -0.05) is 18.6 Å². The van der Waals surface area contributed by atoms with E-state index in [4.69, 9.17) is 0 Å². The number of rotatable bonds is 5. The van der Waals surface area contributed by atoms with E-state index in [2.05, 4.69) is 10.2 Å². The molecule has 1 heterocycles. The minimum absolute atomic E-state index is 0.0604. The van der Waals surface area contributed by atoms with Gasteiger partial charge in [0.2, 0.25) is 0 Å². The van der Waals surface area contributed by atoms with Gasteiger partial charge in [0.15, 0.2) is 0 Å². The molecule has 1 atom stereocenters. The van der Waals surface area contributed by atoms with Crippen LogP contribution in [0.2, 0.25) is 0 Å². The third-order valence-corrected chi connectivity index (χ3v) is 4.12. The van der Waals surface area contributed by atoms with E-state index >= 15 is 0 Å². The lowest BCUT2D eigenvalue weighted by atomic mass is 10.0. The van der Waals surface area contributed by atoms with E-state index in [9.17, 15) is 23.1 Å². The highest BCUT2D eigenvalue weighted by Crippen LogP contribution is 2.31. The van der Waals surface area contributed by atoms with Crippen LogP contribution in [-0.4, -0.2) is 48.2 Å². The van der Waals surface area contributed by atoms with Crippen LogP contribution in [0.3, 0.4) is 0 Å². The maximum Gasteiger partial charge on any atom is 0.417 e. The summed E-state index contributed by atoms with van der Waals surface area (Å²) in [5.74, 6) is -0.726. The first-order valence-corrected chi connectivity index (χ1v) is 7.73. The SMILES string of the molecule is O=C(NCCN1CCCC[C@H]1CO)c1ccccc1C(F)(F)F. The molecule has 0 aromatic heterocycles. The van der Waals surface area contributed by atoms with Crippen molar-refractivity contribution in [3.8, 4) is 0 Å². The predicted molar refractivity (Wildman–Crippen MR) is 80.1 cm³/mol. The summed E-state index contributed by atoms with van der Waals surface area (Å²) in [6.07, 6.45) is -1.56. The number of aliphatic hydroxyl groups is 1. The van der Waals surface area contributed by atoms with Crippen molar-refractivity contribution >= 4 is 5.91 Å². The normalized spacial score (nSPS) is 19.6. The second-order valence-corrected chi connectivity index (χ2v) is 5.67. The fourth-order valence-electron chi connectivity index (χ4n) is 2.90. The molecule has 7 heteroatoms. The number of hydrogen-bond acceptors (Lipinski definition) is 3. The molecular weight excluding hydrogens is 309 g/mol. The Kier molecular flexibility index (Phi) is 6.01. The van der Waals surface area contributed by atoms with Gasteiger partial charge in [0.1, 0.15) is 0 Å². The van der Waals surface area contributed by atoms with Crippen LogP contribution >= 0.6 is 0 Å². The lowest BCUT2D eigenvalue weighted by Crippen LogP contribution is -2.45. The molecule has 1 aliphatic heterocycles. The molecule has 1 aromatic carbocycles. The Hall–Kier alpha value is -1.60. The fourth-order valence-corrected chi connectivity index (χ4v) is 2.90. The molecule has 0 spiro atoms. The van der Waals surface area contributed by atoms with Gasteiger partial charge in [-0.05, 0) is 31.5 Å². The Bertz CT molecular complexity index is 534. The zero-order valence-corrected chi connectivity index (χ0v) is 12.8. The molecule has 1 fully saturated rings. The smallest absolute Gasteiger partial charge is 0.395 e. The molecule has 4 nitrogen and oxygen atoms in total. The van der Waals surface area contributed by atoms with E-state index in [0.717, 1.165) is 31.9 Å². The second kappa shape index (κ2) is 7.79.